The van der Waals surface area contributed by atoms with Gasteiger partial charge in [-0.15, -0.1) is 0 Å². The first-order chi connectivity index (χ1) is 12.9. The Kier molecular flexibility index (Phi) is 5.35. The number of carbonyl (C=O) groups excluding carboxylic acids is 2. The van der Waals surface area contributed by atoms with Crippen molar-refractivity contribution in [3.63, 3.8) is 0 Å². The van der Waals surface area contributed by atoms with Crippen molar-refractivity contribution in [1.82, 2.24) is 14.9 Å². The van der Waals surface area contributed by atoms with Gasteiger partial charge >= 0.3 is 0 Å². The second-order valence-electron chi connectivity index (χ2n) is 6.52. The first kappa shape index (κ1) is 18.4. The van der Waals surface area contributed by atoms with E-state index in [1.54, 1.807) is 24.7 Å². The van der Waals surface area contributed by atoms with Crippen LogP contribution in [0.1, 0.15) is 27.0 Å². The van der Waals surface area contributed by atoms with Gasteiger partial charge in [-0.05, 0) is 56.2 Å². The maximum absolute atomic E-state index is 12.3. The van der Waals surface area contributed by atoms with Gasteiger partial charge in [-0.1, -0.05) is 17.7 Å². The van der Waals surface area contributed by atoms with Crippen LogP contribution in [-0.4, -0.2) is 27.9 Å². The van der Waals surface area contributed by atoms with Gasteiger partial charge in [0.15, 0.2) is 0 Å². The number of aryl methyl sites for hydroxylation is 3. The minimum absolute atomic E-state index is 0.0884. The Morgan fingerprint density at radius 1 is 1.04 bits per heavy atom. The van der Waals surface area contributed by atoms with Gasteiger partial charge in [-0.2, -0.15) is 0 Å². The van der Waals surface area contributed by atoms with Gasteiger partial charge in [0.25, 0.3) is 5.91 Å². The van der Waals surface area contributed by atoms with Gasteiger partial charge < -0.3 is 15.2 Å². The Morgan fingerprint density at radius 2 is 1.70 bits per heavy atom. The van der Waals surface area contributed by atoms with E-state index >= 15 is 0 Å². The first-order valence-corrected chi connectivity index (χ1v) is 8.68. The number of carbonyl (C=O) groups is 2. The molecule has 1 aromatic heterocycles. The summed E-state index contributed by atoms with van der Waals surface area (Å²) in [7, 11) is 0. The van der Waals surface area contributed by atoms with E-state index in [0.29, 0.717) is 5.56 Å². The summed E-state index contributed by atoms with van der Waals surface area (Å²) in [6.45, 7) is 5.84. The highest BCUT2D eigenvalue weighted by Crippen LogP contribution is 2.21. The molecule has 0 spiro atoms. The van der Waals surface area contributed by atoms with Crippen LogP contribution in [0.15, 0.2) is 55.1 Å². The summed E-state index contributed by atoms with van der Waals surface area (Å²) in [6.07, 6.45) is 5.21. The molecule has 0 aliphatic rings. The second kappa shape index (κ2) is 7.86. The molecule has 1 heterocycles. The highest BCUT2D eigenvalue weighted by molar-refractivity contribution is 5.99. The second-order valence-corrected chi connectivity index (χ2v) is 6.52. The number of benzene rings is 2. The molecule has 6 nitrogen and oxygen atoms in total. The van der Waals surface area contributed by atoms with E-state index in [1.807, 2.05) is 55.8 Å². The molecule has 6 heteroatoms. The van der Waals surface area contributed by atoms with Crippen LogP contribution in [0, 0.1) is 20.8 Å². The summed E-state index contributed by atoms with van der Waals surface area (Å²) in [5.74, 6) is -0.548. The molecule has 3 aromatic rings. The van der Waals surface area contributed by atoms with E-state index in [2.05, 4.69) is 15.6 Å². The molecule has 0 unspecified atom stereocenters. The fourth-order valence-corrected chi connectivity index (χ4v) is 3.02. The summed E-state index contributed by atoms with van der Waals surface area (Å²) < 4.78 is 1.85. The molecule has 0 atom stereocenters. The van der Waals surface area contributed by atoms with Crippen molar-refractivity contribution in [3.05, 3.63) is 77.4 Å². The Labute approximate surface area is 158 Å². The molecule has 0 bridgehead atoms. The number of nitrogens with zero attached hydrogens (tertiary/aromatic N) is 2. The monoisotopic (exact) mass is 362 g/mol. The minimum atomic E-state index is -0.292. The Bertz CT molecular complexity index is 937. The Balaban J connectivity index is 1.58. The van der Waals surface area contributed by atoms with Crippen molar-refractivity contribution in [2.24, 2.45) is 0 Å². The lowest BCUT2D eigenvalue weighted by molar-refractivity contribution is -0.115. The molecule has 2 N–H and O–H groups in total. The van der Waals surface area contributed by atoms with E-state index in [-0.39, 0.29) is 18.4 Å². The van der Waals surface area contributed by atoms with E-state index in [0.717, 1.165) is 28.1 Å². The lowest BCUT2D eigenvalue weighted by atomic mass is 10.1. The quantitative estimate of drug-likeness (QED) is 0.732. The Morgan fingerprint density at radius 3 is 2.30 bits per heavy atom. The summed E-state index contributed by atoms with van der Waals surface area (Å²) >= 11 is 0. The fraction of sp³-hybridized carbons (Fsp3) is 0.190. The summed E-state index contributed by atoms with van der Waals surface area (Å²) in [5.41, 5.74) is 5.35. The maximum atomic E-state index is 12.3. The highest BCUT2D eigenvalue weighted by Gasteiger charge is 2.11. The molecule has 0 aliphatic carbocycles. The van der Waals surface area contributed by atoms with Crippen molar-refractivity contribution in [1.29, 1.82) is 0 Å². The van der Waals surface area contributed by atoms with Crippen molar-refractivity contribution in [2.75, 3.05) is 11.9 Å². The van der Waals surface area contributed by atoms with Gasteiger partial charge in [0.05, 0.1) is 12.9 Å². The van der Waals surface area contributed by atoms with Crippen molar-refractivity contribution < 1.29 is 9.59 Å². The molecule has 0 saturated heterocycles. The molecule has 0 saturated carbocycles. The van der Waals surface area contributed by atoms with Crippen LogP contribution < -0.4 is 10.6 Å². The zero-order valence-corrected chi connectivity index (χ0v) is 15.6. The molecular formula is C21H22N4O2. The maximum Gasteiger partial charge on any atom is 0.251 e. The smallest absolute Gasteiger partial charge is 0.251 e. The molecule has 3 rings (SSSR count). The van der Waals surface area contributed by atoms with Gasteiger partial charge in [0.2, 0.25) is 5.91 Å². The normalized spacial score (nSPS) is 10.5. The average molecular weight is 362 g/mol. The van der Waals surface area contributed by atoms with Crippen molar-refractivity contribution >= 4 is 17.5 Å². The molecule has 0 aliphatic heterocycles. The third-order valence-corrected chi connectivity index (χ3v) is 4.28. The molecule has 138 valence electrons. The molecule has 0 radical (unpaired) electrons. The summed E-state index contributed by atoms with van der Waals surface area (Å²) in [4.78, 5) is 28.5. The summed E-state index contributed by atoms with van der Waals surface area (Å²) in [6, 6.07) is 11.1. The molecule has 2 aromatic carbocycles. The number of anilines is 1. The van der Waals surface area contributed by atoms with Crippen LogP contribution in [0.4, 0.5) is 5.69 Å². The summed E-state index contributed by atoms with van der Waals surface area (Å²) in [5, 5.41) is 5.53. The van der Waals surface area contributed by atoms with Gasteiger partial charge in [-0.25, -0.2) is 4.98 Å². The van der Waals surface area contributed by atoms with Gasteiger partial charge in [0.1, 0.15) is 0 Å². The minimum Gasteiger partial charge on any atom is -0.343 e. The lowest BCUT2D eigenvalue weighted by Gasteiger charge is -2.13. The van der Waals surface area contributed by atoms with Gasteiger partial charge in [0, 0.05) is 29.3 Å². The first-order valence-electron chi connectivity index (χ1n) is 8.68. The van der Waals surface area contributed by atoms with Crippen LogP contribution >= 0.6 is 0 Å². The third-order valence-electron chi connectivity index (χ3n) is 4.28. The SMILES string of the molecule is Cc1cc(C)c(NC(=O)CNC(=O)c2ccc(-n3ccnc3)cc2)c(C)c1. The van der Waals surface area contributed by atoms with E-state index in [1.165, 1.54) is 0 Å². The number of hydrogen-bond donors (Lipinski definition) is 2. The lowest BCUT2D eigenvalue weighted by Crippen LogP contribution is -2.33. The molecule has 27 heavy (non-hydrogen) atoms. The van der Waals surface area contributed by atoms with E-state index < -0.39 is 0 Å². The zero-order valence-electron chi connectivity index (χ0n) is 15.6. The predicted octanol–water partition coefficient (Wildman–Crippen LogP) is 3.17. The third kappa shape index (κ3) is 4.41. The van der Waals surface area contributed by atoms with Crippen LogP contribution in [0.25, 0.3) is 5.69 Å². The largest absolute Gasteiger partial charge is 0.343 e. The fourth-order valence-electron chi connectivity index (χ4n) is 3.02. The van der Waals surface area contributed by atoms with E-state index in [9.17, 15) is 9.59 Å². The van der Waals surface area contributed by atoms with Crippen LogP contribution in [0.3, 0.4) is 0 Å². The molecule has 0 fully saturated rings. The number of nitrogens with one attached hydrogen (secondary N) is 2. The van der Waals surface area contributed by atoms with Crippen molar-refractivity contribution in [3.8, 4) is 5.69 Å². The van der Waals surface area contributed by atoms with Crippen LogP contribution in [-0.2, 0) is 4.79 Å². The van der Waals surface area contributed by atoms with E-state index in [4.69, 9.17) is 0 Å². The Hall–Kier alpha value is -3.41. The highest BCUT2D eigenvalue weighted by atomic mass is 16.2. The zero-order chi connectivity index (χ0) is 19.4. The van der Waals surface area contributed by atoms with Crippen LogP contribution in [0.2, 0.25) is 0 Å². The molecular weight excluding hydrogens is 340 g/mol. The number of hydrogen-bond acceptors (Lipinski definition) is 3. The predicted molar refractivity (Wildman–Crippen MR) is 105 cm³/mol. The van der Waals surface area contributed by atoms with Gasteiger partial charge in [-0.3, -0.25) is 9.59 Å². The topological polar surface area (TPSA) is 76.0 Å². The number of amides is 2. The number of imidazole rings is 1. The van der Waals surface area contributed by atoms with Crippen molar-refractivity contribution in [2.45, 2.75) is 20.8 Å². The average Bonchev–Trinajstić information content (AvgIpc) is 3.17. The number of aromatic nitrogens is 2. The standard InChI is InChI=1S/C21H22N4O2/c1-14-10-15(2)20(16(3)11-14)24-19(26)12-23-21(27)17-4-6-18(7-5-17)25-9-8-22-13-25/h4-11,13H,12H2,1-3H3,(H,23,27)(H,24,26). The van der Waals surface area contributed by atoms with Crippen LogP contribution in [0.5, 0.6) is 0 Å². The number of rotatable bonds is 5. The molecule has 2 amide bonds.